The van der Waals surface area contributed by atoms with Crippen molar-refractivity contribution in [3.05, 3.63) is 35.4 Å². The van der Waals surface area contributed by atoms with E-state index in [1.165, 1.54) is 0 Å². The number of ether oxygens (including phenoxy) is 1. The van der Waals surface area contributed by atoms with Crippen molar-refractivity contribution in [3.63, 3.8) is 0 Å². The summed E-state index contributed by atoms with van der Waals surface area (Å²) in [7, 11) is 0. The molecular formula is C15H10F6N2O3. The van der Waals surface area contributed by atoms with Crippen molar-refractivity contribution in [2.75, 3.05) is 11.5 Å². The maximum absolute atomic E-state index is 13.9. The van der Waals surface area contributed by atoms with Gasteiger partial charge in [-0.2, -0.15) is 26.3 Å². The Morgan fingerprint density at radius 2 is 1.08 bits per heavy atom. The van der Waals surface area contributed by atoms with E-state index in [2.05, 4.69) is 0 Å². The van der Waals surface area contributed by atoms with Gasteiger partial charge in [0.05, 0.1) is 11.4 Å². The lowest BCUT2D eigenvalue weighted by Crippen LogP contribution is -2.56. The molecule has 0 saturated carbocycles. The summed E-state index contributed by atoms with van der Waals surface area (Å²) in [5, 5.41) is 19.2. The highest BCUT2D eigenvalue weighted by Crippen LogP contribution is 2.64. The van der Waals surface area contributed by atoms with E-state index in [-0.39, 0.29) is 12.1 Å². The summed E-state index contributed by atoms with van der Waals surface area (Å²) in [6.07, 6.45) is -11.8. The van der Waals surface area contributed by atoms with Crippen LogP contribution in [0.4, 0.5) is 37.7 Å². The van der Waals surface area contributed by atoms with Gasteiger partial charge < -0.3 is 26.4 Å². The van der Waals surface area contributed by atoms with Gasteiger partial charge in [0.1, 0.15) is 23.0 Å². The predicted molar refractivity (Wildman–Crippen MR) is 78.0 cm³/mol. The maximum atomic E-state index is 13.9. The molecule has 0 aromatic heterocycles. The number of hydrogen-bond donors (Lipinski definition) is 4. The first-order chi connectivity index (χ1) is 11.8. The van der Waals surface area contributed by atoms with Gasteiger partial charge in [-0.15, -0.1) is 0 Å². The van der Waals surface area contributed by atoms with E-state index in [0.717, 1.165) is 0 Å². The summed E-state index contributed by atoms with van der Waals surface area (Å²) in [4.78, 5) is 0. The molecule has 0 aliphatic carbocycles. The van der Waals surface area contributed by atoms with Crippen LogP contribution in [0, 0.1) is 0 Å². The second-order valence-corrected chi connectivity index (χ2v) is 5.66. The van der Waals surface area contributed by atoms with Gasteiger partial charge in [-0.3, -0.25) is 0 Å². The van der Waals surface area contributed by atoms with E-state index < -0.39 is 63.3 Å². The number of aromatic hydroxyl groups is 2. The molecule has 0 amide bonds. The minimum atomic E-state index is -5.90. The van der Waals surface area contributed by atoms with E-state index in [0.29, 0.717) is 12.1 Å². The Morgan fingerprint density at radius 3 is 1.38 bits per heavy atom. The number of anilines is 2. The van der Waals surface area contributed by atoms with Crippen LogP contribution in [0.2, 0.25) is 0 Å². The molecule has 5 nitrogen and oxygen atoms in total. The molecule has 0 unspecified atom stereocenters. The Kier molecular flexibility index (Phi) is 3.44. The van der Waals surface area contributed by atoms with Gasteiger partial charge in [-0.1, -0.05) is 0 Å². The van der Waals surface area contributed by atoms with Crippen molar-refractivity contribution < 1.29 is 41.3 Å². The molecule has 1 aliphatic rings. The summed E-state index contributed by atoms with van der Waals surface area (Å²) in [6.45, 7) is 0. The summed E-state index contributed by atoms with van der Waals surface area (Å²) < 4.78 is 88.6. The Bertz CT molecular complexity index is 834. The molecular weight excluding hydrogens is 370 g/mol. The van der Waals surface area contributed by atoms with E-state index >= 15 is 0 Å². The van der Waals surface area contributed by atoms with E-state index in [4.69, 9.17) is 16.2 Å². The van der Waals surface area contributed by atoms with Crippen LogP contribution >= 0.6 is 0 Å². The molecule has 0 fully saturated rings. The fraction of sp³-hybridized carbons (Fsp3) is 0.200. The second kappa shape index (κ2) is 5.02. The van der Waals surface area contributed by atoms with Gasteiger partial charge in [0, 0.05) is 23.3 Å². The quantitative estimate of drug-likeness (QED) is 0.317. The minimum Gasteiger partial charge on any atom is -0.506 e. The smallest absolute Gasteiger partial charge is 0.411 e. The van der Waals surface area contributed by atoms with Gasteiger partial charge in [0.25, 0.3) is 0 Å². The van der Waals surface area contributed by atoms with Gasteiger partial charge >= 0.3 is 12.4 Å². The zero-order valence-corrected chi connectivity index (χ0v) is 12.5. The predicted octanol–water partition coefficient (Wildman–Crippen LogP) is 3.78. The topological polar surface area (TPSA) is 102 Å². The van der Waals surface area contributed by atoms with Gasteiger partial charge in [-0.05, 0) is 12.1 Å². The normalized spacial score (nSPS) is 15.8. The van der Waals surface area contributed by atoms with Crippen molar-refractivity contribution in [1.82, 2.24) is 0 Å². The number of halogens is 6. The van der Waals surface area contributed by atoms with Crippen LogP contribution in [0.5, 0.6) is 23.0 Å². The summed E-state index contributed by atoms with van der Waals surface area (Å²) in [5.74, 6) is -3.64. The Morgan fingerprint density at radius 1 is 0.731 bits per heavy atom. The molecule has 2 aromatic rings. The van der Waals surface area contributed by atoms with Crippen LogP contribution < -0.4 is 16.2 Å². The number of rotatable bonds is 0. The molecule has 26 heavy (non-hydrogen) atoms. The van der Waals surface area contributed by atoms with Crippen LogP contribution in [0.15, 0.2) is 24.3 Å². The monoisotopic (exact) mass is 380 g/mol. The van der Waals surface area contributed by atoms with Gasteiger partial charge in [-0.25, -0.2) is 0 Å². The highest BCUT2D eigenvalue weighted by Gasteiger charge is 2.75. The van der Waals surface area contributed by atoms with E-state index in [1.54, 1.807) is 0 Å². The Balaban J connectivity index is 2.54. The van der Waals surface area contributed by atoms with Crippen LogP contribution in [-0.2, 0) is 5.41 Å². The van der Waals surface area contributed by atoms with Crippen molar-refractivity contribution in [2.45, 2.75) is 17.8 Å². The number of fused-ring (bicyclic) bond motifs is 2. The van der Waals surface area contributed by atoms with E-state index in [1.807, 2.05) is 0 Å². The molecule has 1 heterocycles. The molecule has 11 heteroatoms. The van der Waals surface area contributed by atoms with Crippen molar-refractivity contribution >= 4 is 11.4 Å². The van der Waals surface area contributed by atoms with Crippen LogP contribution in [-0.4, -0.2) is 22.6 Å². The van der Waals surface area contributed by atoms with Crippen molar-refractivity contribution in [3.8, 4) is 23.0 Å². The third-order valence-corrected chi connectivity index (χ3v) is 4.14. The average Bonchev–Trinajstić information content (AvgIpc) is 2.46. The fourth-order valence-corrected chi connectivity index (χ4v) is 2.96. The van der Waals surface area contributed by atoms with E-state index in [9.17, 15) is 36.6 Å². The highest BCUT2D eigenvalue weighted by atomic mass is 19.4. The number of phenols is 2. The molecule has 1 aliphatic heterocycles. The lowest BCUT2D eigenvalue weighted by atomic mass is 9.70. The van der Waals surface area contributed by atoms with Crippen LogP contribution in [0.3, 0.4) is 0 Å². The second-order valence-electron chi connectivity index (χ2n) is 5.66. The minimum absolute atomic E-state index is 0.252. The Labute approximate surface area is 141 Å². The number of alkyl halides is 6. The standard InChI is InChI=1S/C15H10F6N2O3/c16-14(17,18)13(15(19,20)21)5-1-9(24)7(22)3-11(5)26-12-4-8(23)10(25)2-6(12)13/h1-4,24-25H,22-23H2. The number of hydrogen-bond acceptors (Lipinski definition) is 5. The van der Waals surface area contributed by atoms with Crippen LogP contribution in [0.25, 0.3) is 0 Å². The fourth-order valence-electron chi connectivity index (χ4n) is 2.96. The third-order valence-electron chi connectivity index (χ3n) is 4.14. The zero-order valence-electron chi connectivity index (χ0n) is 12.5. The molecule has 0 saturated heterocycles. The molecule has 2 aromatic carbocycles. The molecule has 0 radical (unpaired) electrons. The largest absolute Gasteiger partial charge is 0.506 e. The first kappa shape index (κ1) is 17.8. The highest BCUT2D eigenvalue weighted by molar-refractivity contribution is 5.71. The van der Waals surface area contributed by atoms with Gasteiger partial charge in [0.15, 0.2) is 0 Å². The SMILES string of the molecule is Nc1cc2c(cc1O)C(C(F)(F)F)(C(F)(F)F)c1cc(O)c(N)cc1O2. The first-order valence-electron chi connectivity index (χ1n) is 6.88. The average molecular weight is 380 g/mol. The lowest BCUT2D eigenvalue weighted by molar-refractivity contribution is -0.290. The molecule has 0 atom stereocenters. The summed E-state index contributed by atoms with van der Waals surface area (Å²) in [6, 6.07) is 1.82. The van der Waals surface area contributed by atoms with Crippen LogP contribution in [0.1, 0.15) is 11.1 Å². The van der Waals surface area contributed by atoms with Crippen molar-refractivity contribution in [2.24, 2.45) is 0 Å². The first-order valence-corrected chi connectivity index (χ1v) is 6.88. The lowest BCUT2D eigenvalue weighted by Gasteiger charge is -2.42. The number of nitrogen functional groups attached to an aromatic ring is 2. The molecule has 3 rings (SSSR count). The van der Waals surface area contributed by atoms with Gasteiger partial charge in [0.2, 0.25) is 5.41 Å². The summed E-state index contributed by atoms with van der Waals surface area (Å²) >= 11 is 0. The van der Waals surface area contributed by atoms with Crippen molar-refractivity contribution in [1.29, 1.82) is 0 Å². The number of nitrogens with two attached hydrogens (primary N) is 2. The zero-order chi connectivity index (χ0) is 19.7. The number of phenolic OH excluding ortho intramolecular Hbond substituents is 2. The Hall–Kier alpha value is -2.98. The molecule has 140 valence electrons. The molecule has 0 spiro atoms. The maximum Gasteiger partial charge on any atom is 0.411 e. The summed E-state index contributed by atoms with van der Waals surface area (Å²) in [5.41, 5.74) is 2.41. The molecule has 6 N–H and O–H groups in total. The third kappa shape index (κ3) is 2.12. The molecule has 0 bridgehead atoms. The number of benzene rings is 2.